The molecular formula is C12H13Cl2FN2O. The first-order chi connectivity index (χ1) is 8.67. The van der Waals surface area contributed by atoms with Crippen LogP contribution in [-0.2, 0) is 17.2 Å². The summed E-state index contributed by atoms with van der Waals surface area (Å²) in [6.45, 7) is 1.32. The van der Waals surface area contributed by atoms with Crippen LogP contribution in [0, 0.1) is 5.82 Å². The lowest BCUT2D eigenvalue weighted by Crippen LogP contribution is -2.05. The van der Waals surface area contributed by atoms with E-state index in [2.05, 4.69) is 4.98 Å². The van der Waals surface area contributed by atoms with E-state index < -0.39 is 5.82 Å². The normalized spacial score (nSPS) is 11.3. The van der Waals surface area contributed by atoms with Crippen molar-refractivity contribution in [2.24, 2.45) is 0 Å². The summed E-state index contributed by atoms with van der Waals surface area (Å²) >= 11 is 11.6. The van der Waals surface area contributed by atoms with Crippen molar-refractivity contribution in [1.29, 1.82) is 0 Å². The first kappa shape index (κ1) is 13.6. The lowest BCUT2D eigenvalue weighted by Gasteiger charge is -2.07. The van der Waals surface area contributed by atoms with Crippen LogP contribution in [-0.4, -0.2) is 23.3 Å². The number of hydrogen-bond acceptors (Lipinski definition) is 2. The third-order valence-corrected chi connectivity index (χ3v) is 3.25. The number of nitrogens with zero attached hydrogens (tertiary/aromatic N) is 2. The maximum absolute atomic E-state index is 13.5. The molecule has 0 unspecified atom stereocenters. The van der Waals surface area contributed by atoms with Gasteiger partial charge in [-0.3, -0.25) is 0 Å². The molecule has 3 nitrogen and oxygen atoms in total. The highest BCUT2D eigenvalue weighted by Crippen LogP contribution is 2.24. The molecule has 18 heavy (non-hydrogen) atoms. The third-order valence-electron chi connectivity index (χ3n) is 2.72. The summed E-state index contributed by atoms with van der Waals surface area (Å²) in [5, 5.41) is 0.0742. The molecule has 0 bridgehead atoms. The predicted octanol–water partition coefficient (Wildman–Crippen LogP) is 3.60. The summed E-state index contributed by atoms with van der Waals surface area (Å²) in [5.74, 6) is 0.545. The highest BCUT2D eigenvalue weighted by atomic mass is 35.5. The van der Waals surface area contributed by atoms with Crippen molar-refractivity contribution < 1.29 is 9.13 Å². The predicted molar refractivity (Wildman–Crippen MR) is 70.8 cm³/mol. The zero-order valence-corrected chi connectivity index (χ0v) is 11.4. The largest absolute Gasteiger partial charge is 0.385 e. The maximum atomic E-state index is 13.5. The number of alkyl halides is 1. The molecule has 6 heteroatoms. The number of hydrogen-bond donors (Lipinski definition) is 0. The highest BCUT2D eigenvalue weighted by Gasteiger charge is 2.12. The molecule has 0 aliphatic rings. The highest BCUT2D eigenvalue weighted by molar-refractivity contribution is 6.31. The molecule has 2 aromatic rings. The van der Waals surface area contributed by atoms with E-state index >= 15 is 0 Å². The van der Waals surface area contributed by atoms with Gasteiger partial charge >= 0.3 is 0 Å². The van der Waals surface area contributed by atoms with Gasteiger partial charge in [0.05, 0.1) is 21.9 Å². The van der Waals surface area contributed by atoms with Crippen molar-refractivity contribution in [3.8, 4) is 0 Å². The minimum atomic E-state index is -0.446. The van der Waals surface area contributed by atoms with Gasteiger partial charge in [-0.15, -0.1) is 11.6 Å². The zero-order valence-electron chi connectivity index (χ0n) is 9.92. The van der Waals surface area contributed by atoms with Crippen molar-refractivity contribution in [2.75, 3.05) is 13.7 Å². The average molecular weight is 291 g/mol. The number of methoxy groups -OCH3 is 1. The van der Waals surface area contributed by atoms with E-state index in [1.54, 1.807) is 7.11 Å². The van der Waals surface area contributed by atoms with Crippen LogP contribution in [0.1, 0.15) is 12.2 Å². The summed E-state index contributed by atoms with van der Waals surface area (Å²) < 4.78 is 20.4. The monoisotopic (exact) mass is 290 g/mol. The Hall–Kier alpha value is -0.840. The van der Waals surface area contributed by atoms with Crippen LogP contribution >= 0.6 is 23.2 Å². The van der Waals surface area contributed by atoms with E-state index in [-0.39, 0.29) is 10.9 Å². The number of halogens is 3. The van der Waals surface area contributed by atoms with Crippen molar-refractivity contribution in [1.82, 2.24) is 9.55 Å². The Bertz CT molecular complexity index is 556. The molecule has 0 fully saturated rings. The number of rotatable bonds is 5. The molecule has 0 aliphatic heterocycles. The van der Waals surface area contributed by atoms with Crippen LogP contribution in [0.2, 0.25) is 5.02 Å². The molecule has 0 N–H and O–H groups in total. The fraction of sp³-hybridized carbons (Fsp3) is 0.417. The maximum Gasteiger partial charge on any atom is 0.144 e. The quantitative estimate of drug-likeness (QED) is 0.621. The lowest BCUT2D eigenvalue weighted by atomic mass is 10.3. The summed E-state index contributed by atoms with van der Waals surface area (Å²) in [6.07, 6.45) is 0.816. The second kappa shape index (κ2) is 5.87. The van der Waals surface area contributed by atoms with Gasteiger partial charge in [0.15, 0.2) is 0 Å². The molecule has 0 atom stereocenters. The van der Waals surface area contributed by atoms with Gasteiger partial charge < -0.3 is 9.30 Å². The van der Waals surface area contributed by atoms with Crippen LogP contribution in [0.25, 0.3) is 11.0 Å². The van der Waals surface area contributed by atoms with Crippen molar-refractivity contribution >= 4 is 34.2 Å². The van der Waals surface area contributed by atoms with Crippen molar-refractivity contribution in [3.63, 3.8) is 0 Å². The molecule has 1 aromatic carbocycles. The number of aryl methyl sites for hydroxylation is 1. The fourth-order valence-electron chi connectivity index (χ4n) is 1.89. The van der Waals surface area contributed by atoms with E-state index in [0.29, 0.717) is 30.0 Å². The average Bonchev–Trinajstić information content (AvgIpc) is 2.68. The van der Waals surface area contributed by atoms with Crippen LogP contribution in [0.5, 0.6) is 0 Å². The smallest absolute Gasteiger partial charge is 0.144 e. The van der Waals surface area contributed by atoms with Gasteiger partial charge in [0, 0.05) is 26.3 Å². The Labute approximate surface area is 114 Å². The second-order valence-corrected chi connectivity index (χ2v) is 4.59. The van der Waals surface area contributed by atoms with Crippen molar-refractivity contribution in [2.45, 2.75) is 18.8 Å². The van der Waals surface area contributed by atoms with E-state index in [1.807, 2.05) is 4.57 Å². The van der Waals surface area contributed by atoms with Gasteiger partial charge in [-0.2, -0.15) is 0 Å². The molecule has 0 spiro atoms. The standard InChI is InChI=1S/C12H13Cl2FN2O/c1-18-4-2-3-17-11-6-9(15)8(14)5-10(11)16-12(17)7-13/h5-6H,2-4,7H2,1H3. The number of benzene rings is 1. The number of imidazole rings is 1. The van der Waals surface area contributed by atoms with Crippen molar-refractivity contribution in [3.05, 3.63) is 28.8 Å². The number of ether oxygens (including phenoxy) is 1. The summed E-state index contributed by atoms with van der Waals surface area (Å²) in [6, 6.07) is 2.92. The minimum absolute atomic E-state index is 0.0742. The minimum Gasteiger partial charge on any atom is -0.385 e. The van der Waals surface area contributed by atoms with Crippen LogP contribution in [0.15, 0.2) is 12.1 Å². The first-order valence-corrected chi connectivity index (χ1v) is 6.47. The van der Waals surface area contributed by atoms with Gasteiger partial charge in [-0.1, -0.05) is 11.6 Å². The van der Waals surface area contributed by atoms with Crippen LogP contribution in [0.4, 0.5) is 4.39 Å². The summed E-state index contributed by atoms with van der Waals surface area (Å²) in [5.41, 5.74) is 1.37. The van der Waals surface area contributed by atoms with Crippen LogP contribution < -0.4 is 0 Å². The Morgan fingerprint density at radius 2 is 2.22 bits per heavy atom. The number of fused-ring (bicyclic) bond motifs is 1. The van der Waals surface area contributed by atoms with Crippen LogP contribution in [0.3, 0.4) is 0 Å². The molecule has 1 heterocycles. The molecule has 0 aliphatic carbocycles. The molecule has 98 valence electrons. The molecule has 2 rings (SSSR count). The summed E-state index contributed by atoms with van der Waals surface area (Å²) in [4.78, 5) is 4.35. The first-order valence-electron chi connectivity index (χ1n) is 5.56. The molecule has 0 radical (unpaired) electrons. The SMILES string of the molecule is COCCCn1c(CCl)nc2cc(Cl)c(F)cc21. The third kappa shape index (κ3) is 2.60. The Morgan fingerprint density at radius 1 is 1.44 bits per heavy atom. The zero-order chi connectivity index (χ0) is 13.1. The molecule has 0 saturated heterocycles. The number of aromatic nitrogens is 2. The van der Waals surface area contributed by atoms with E-state index in [4.69, 9.17) is 27.9 Å². The topological polar surface area (TPSA) is 27.1 Å². The molecule has 0 amide bonds. The Morgan fingerprint density at radius 3 is 2.89 bits per heavy atom. The molecule has 1 aromatic heterocycles. The second-order valence-electron chi connectivity index (χ2n) is 3.91. The molecule has 0 saturated carbocycles. The van der Waals surface area contributed by atoms with E-state index in [1.165, 1.54) is 12.1 Å². The lowest BCUT2D eigenvalue weighted by molar-refractivity contribution is 0.190. The fourth-order valence-corrected chi connectivity index (χ4v) is 2.25. The van der Waals surface area contributed by atoms with E-state index in [9.17, 15) is 4.39 Å². The van der Waals surface area contributed by atoms with Gasteiger partial charge in [0.1, 0.15) is 11.6 Å². The Balaban J connectivity index is 2.44. The summed E-state index contributed by atoms with van der Waals surface area (Å²) in [7, 11) is 1.65. The van der Waals surface area contributed by atoms with Gasteiger partial charge in [0.25, 0.3) is 0 Å². The van der Waals surface area contributed by atoms with E-state index in [0.717, 1.165) is 6.42 Å². The van der Waals surface area contributed by atoms with Gasteiger partial charge in [-0.25, -0.2) is 9.37 Å². The Kier molecular flexibility index (Phi) is 4.43. The molecular weight excluding hydrogens is 278 g/mol. The van der Waals surface area contributed by atoms with Gasteiger partial charge in [-0.05, 0) is 12.5 Å². The van der Waals surface area contributed by atoms with Gasteiger partial charge in [0.2, 0.25) is 0 Å².